The Balaban J connectivity index is 1.79. The van der Waals surface area contributed by atoms with Crippen LogP contribution in [0.2, 0.25) is 0 Å². The van der Waals surface area contributed by atoms with Crippen LogP contribution in [0.4, 0.5) is 18.9 Å². The van der Waals surface area contributed by atoms with E-state index in [0.29, 0.717) is 21.1 Å². The number of nitrogens with one attached hydrogen (secondary N) is 1. The van der Waals surface area contributed by atoms with Crippen LogP contribution in [-0.4, -0.2) is 25.1 Å². The summed E-state index contributed by atoms with van der Waals surface area (Å²) >= 11 is 1.12. The number of hydrogen-bond acceptors (Lipinski definition) is 5. The highest BCUT2D eigenvalue weighted by atomic mass is 32.2. The molecule has 0 aliphatic rings. The topological polar surface area (TPSA) is 76.1 Å². The number of halogens is 3. The number of nitrogens with zero attached hydrogens (tertiary/aromatic N) is 1. The normalized spacial score (nSPS) is 11.6. The molecule has 0 aliphatic carbocycles. The standard InChI is InChI=1S/C18H13F3N2O3S2/c1-10-15(27-17(22-10)11-2-4-12(19)5-3-11)16(24)23-13-6-8-14(9-7-13)28(25,26)18(20)21/h2-9,18H,1H3,(H,23,24). The molecule has 10 heteroatoms. The largest absolute Gasteiger partial charge is 0.341 e. The summed E-state index contributed by atoms with van der Waals surface area (Å²) in [6.45, 7) is 1.65. The van der Waals surface area contributed by atoms with Crippen molar-refractivity contribution in [3.8, 4) is 10.6 Å². The number of rotatable bonds is 5. The average Bonchev–Trinajstić information content (AvgIpc) is 3.04. The summed E-state index contributed by atoms with van der Waals surface area (Å²) in [5, 5.41) is 3.11. The van der Waals surface area contributed by atoms with Crippen molar-refractivity contribution in [2.75, 3.05) is 5.32 Å². The van der Waals surface area contributed by atoms with E-state index in [1.807, 2.05) is 0 Å². The van der Waals surface area contributed by atoms with Crippen molar-refractivity contribution >= 4 is 32.8 Å². The highest BCUT2D eigenvalue weighted by Crippen LogP contribution is 2.29. The maximum absolute atomic E-state index is 13.0. The molecular weight excluding hydrogens is 413 g/mol. The third kappa shape index (κ3) is 4.07. The minimum Gasteiger partial charge on any atom is -0.321 e. The summed E-state index contributed by atoms with van der Waals surface area (Å²) in [6, 6.07) is 10.1. The SMILES string of the molecule is Cc1nc(-c2ccc(F)cc2)sc1C(=O)Nc1ccc(S(=O)(=O)C(F)F)cc1. The van der Waals surface area contributed by atoms with Crippen LogP contribution in [0.3, 0.4) is 0 Å². The molecule has 0 radical (unpaired) electrons. The third-order valence-electron chi connectivity index (χ3n) is 3.77. The number of carbonyl (C=O) groups is 1. The van der Waals surface area contributed by atoms with Crippen LogP contribution in [-0.2, 0) is 9.84 Å². The Bertz CT molecular complexity index is 1110. The molecule has 0 aliphatic heterocycles. The van der Waals surface area contributed by atoms with Crippen molar-refractivity contribution in [2.24, 2.45) is 0 Å². The summed E-state index contributed by atoms with van der Waals surface area (Å²) < 4.78 is 61.0. The van der Waals surface area contributed by atoms with Gasteiger partial charge in [0, 0.05) is 11.3 Å². The lowest BCUT2D eigenvalue weighted by Gasteiger charge is -2.06. The van der Waals surface area contributed by atoms with Gasteiger partial charge in [-0.05, 0) is 55.5 Å². The summed E-state index contributed by atoms with van der Waals surface area (Å²) in [4.78, 5) is 16.6. The predicted molar refractivity (Wildman–Crippen MR) is 99.8 cm³/mol. The third-order valence-corrected chi connectivity index (χ3v) is 6.37. The molecule has 146 valence electrons. The van der Waals surface area contributed by atoms with Crippen LogP contribution < -0.4 is 5.32 Å². The number of benzene rings is 2. The van der Waals surface area contributed by atoms with E-state index in [2.05, 4.69) is 10.3 Å². The van der Waals surface area contributed by atoms with E-state index >= 15 is 0 Å². The molecule has 0 saturated carbocycles. The number of thiazole rings is 1. The number of alkyl halides is 2. The van der Waals surface area contributed by atoms with E-state index in [9.17, 15) is 26.4 Å². The number of amides is 1. The van der Waals surface area contributed by atoms with E-state index < -0.39 is 26.4 Å². The van der Waals surface area contributed by atoms with Gasteiger partial charge < -0.3 is 5.32 Å². The van der Waals surface area contributed by atoms with Crippen molar-refractivity contribution in [2.45, 2.75) is 17.6 Å². The van der Waals surface area contributed by atoms with Crippen molar-refractivity contribution in [3.05, 3.63) is 64.9 Å². The first-order chi connectivity index (χ1) is 13.2. The Hall–Kier alpha value is -2.72. The van der Waals surface area contributed by atoms with Crippen LogP contribution >= 0.6 is 11.3 Å². The van der Waals surface area contributed by atoms with Gasteiger partial charge in [0.25, 0.3) is 5.91 Å². The van der Waals surface area contributed by atoms with E-state index in [1.54, 1.807) is 19.1 Å². The zero-order valence-electron chi connectivity index (χ0n) is 14.3. The summed E-state index contributed by atoms with van der Waals surface area (Å²) in [6.07, 6.45) is 0. The quantitative estimate of drug-likeness (QED) is 0.652. The second-order valence-corrected chi connectivity index (χ2v) is 8.64. The van der Waals surface area contributed by atoms with Crippen molar-refractivity contribution < 1.29 is 26.4 Å². The maximum Gasteiger partial charge on any atom is 0.341 e. The molecule has 0 atom stereocenters. The number of carbonyl (C=O) groups excluding carboxylic acids is 1. The van der Waals surface area contributed by atoms with Crippen molar-refractivity contribution in [3.63, 3.8) is 0 Å². The zero-order valence-corrected chi connectivity index (χ0v) is 16.0. The number of anilines is 1. The molecule has 2 aromatic carbocycles. The summed E-state index contributed by atoms with van der Waals surface area (Å²) in [7, 11) is -4.69. The second-order valence-electron chi connectivity index (χ2n) is 5.72. The first-order valence-electron chi connectivity index (χ1n) is 7.85. The minimum absolute atomic E-state index is 0.245. The smallest absolute Gasteiger partial charge is 0.321 e. The molecule has 1 N–H and O–H groups in total. The van der Waals surface area contributed by atoms with Gasteiger partial charge in [0.2, 0.25) is 9.84 Å². The fraction of sp³-hybridized carbons (Fsp3) is 0.111. The van der Waals surface area contributed by atoms with E-state index in [-0.39, 0.29) is 11.5 Å². The molecule has 1 amide bonds. The van der Waals surface area contributed by atoms with Gasteiger partial charge in [0.1, 0.15) is 15.7 Å². The molecule has 3 rings (SSSR count). The predicted octanol–water partition coefficient (Wildman–Crippen LogP) is 4.51. The molecular formula is C18H13F3N2O3S2. The molecule has 3 aromatic rings. The van der Waals surface area contributed by atoms with Crippen LogP contribution in [0.15, 0.2) is 53.4 Å². The van der Waals surface area contributed by atoms with E-state index in [4.69, 9.17) is 0 Å². The zero-order chi connectivity index (χ0) is 20.5. The number of aryl methyl sites for hydroxylation is 1. The monoisotopic (exact) mass is 426 g/mol. The molecule has 0 bridgehead atoms. The lowest BCUT2D eigenvalue weighted by atomic mass is 10.2. The highest BCUT2D eigenvalue weighted by molar-refractivity contribution is 7.91. The van der Waals surface area contributed by atoms with Gasteiger partial charge in [0.05, 0.1) is 10.6 Å². The van der Waals surface area contributed by atoms with Crippen LogP contribution in [0.5, 0.6) is 0 Å². The Morgan fingerprint density at radius 3 is 2.25 bits per heavy atom. The van der Waals surface area contributed by atoms with E-state index in [0.717, 1.165) is 23.5 Å². The molecule has 1 heterocycles. The fourth-order valence-electron chi connectivity index (χ4n) is 2.34. The molecule has 1 aromatic heterocycles. The van der Waals surface area contributed by atoms with Crippen molar-refractivity contribution in [1.29, 1.82) is 0 Å². The molecule has 0 fully saturated rings. The molecule has 0 unspecified atom stereocenters. The first-order valence-corrected chi connectivity index (χ1v) is 10.2. The fourth-order valence-corrected chi connectivity index (χ4v) is 4.03. The lowest BCUT2D eigenvalue weighted by molar-refractivity contribution is 0.103. The number of aromatic nitrogens is 1. The van der Waals surface area contributed by atoms with Crippen molar-refractivity contribution in [1.82, 2.24) is 4.98 Å². The van der Waals surface area contributed by atoms with Crippen LogP contribution in [0.25, 0.3) is 10.6 Å². The minimum atomic E-state index is -4.69. The Morgan fingerprint density at radius 1 is 1.07 bits per heavy atom. The van der Waals surface area contributed by atoms with Gasteiger partial charge in [-0.3, -0.25) is 4.79 Å². The van der Waals surface area contributed by atoms with Gasteiger partial charge in [0.15, 0.2) is 0 Å². The Morgan fingerprint density at radius 2 is 1.68 bits per heavy atom. The van der Waals surface area contributed by atoms with Gasteiger partial charge >= 0.3 is 5.76 Å². The molecule has 0 saturated heterocycles. The van der Waals surface area contributed by atoms with Crippen LogP contribution in [0, 0.1) is 12.7 Å². The lowest BCUT2D eigenvalue weighted by Crippen LogP contribution is -2.13. The van der Waals surface area contributed by atoms with Crippen LogP contribution in [0.1, 0.15) is 15.4 Å². The average molecular weight is 426 g/mol. The highest BCUT2D eigenvalue weighted by Gasteiger charge is 2.26. The number of hydrogen-bond donors (Lipinski definition) is 1. The first kappa shape index (κ1) is 20.0. The maximum atomic E-state index is 13.0. The van der Waals surface area contributed by atoms with Gasteiger partial charge in [-0.2, -0.15) is 8.78 Å². The van der Waals surface area contributed by atoms with E-state index in [1.165, 1.54) is 24.3 Å². The van der Waals surface area contributed by atoms with Gasteiger partial charge in [-0.25, -0.2) is 17.8 Å². The summed E-state index contributed by atoms with van der Waals surface area (Å²) in [5.41, 5.74) is 1.38. The van der Waals surface area contributed by atoms with Gasteiger partial charge in [-0.15, -0.1) is 11.3 Å². The molecule has 5 nitrogen and oxygen atoms in total. The Labute approximate surface area is 162 Å². The molecule has 28 heavy (non-hydrogen) atoms. The summed E-state index contributed by atoms with van der Waals surface area (Å²) in [5.74, 6) is -4.38. The van der Waals surface area contributed by atoms with Gasteiger partial charge in [-0.1, -0.05) is 0 Å². The number of sulfone groups is 1. The molecule has 0 spiro atoms. The Kier molecular flexibility index (Phi) is 5.52. The second kappa shape index (κ2) is 7.72.